The van der Waals surface area contributed by atoms with E-state index in [1.807, 2.05) is 37.4 Å². The topological polar surface area (TPSA) is 53.9 Å². The molecule has 0 aliphatic heterocycles. The minimum absolute atomic E-state index is 0.132. The van der Waals surface area contributed by atoms with Gasteiger partial charge in [-0.2, -0.15) is 5.10 Å². The van der Waals surface area contributed by atoms with Crippen molar-refractivity contribution < 1.29 is 9.18 Å². The van der Waals surface area contributed by atoms with Gasteiger partial charge in [-0.05, 0) is 61.6 Å². The van der Waals surface area contributed by atoms with Gasteiger partial charge in [-0.3, -0.25) is 4.79 Å². The Labute approximate surface area is 174 Å². The zero-order valence-electron chi connectivity index (χ0n) is 17.1. The van der Waals surface area contributed by atoms with Crippen LogP contribution in [0, 0.1) is 12.7 Å². The molecule has 0 saturated carbocycles. The Morgan fingerprint density at radius 3 is 2.97 bits per heavy atom. The van der Waals surface area contributed by atoms with E-state index in [1.54, 1.807) is 28.8 Å². The molecule has 0 spiro atoms. The van der Waals surface area contributed by atoms with Gasteiger partial charge >= 0.3 is 0 Å². The maximum absolute atomic E-state index is 14.5. The van der Waals surface area contributed by atoms with Crippen LogP contribution in [0.1, 0.15) is 39.3 Å². The third-order valence-corrected chi connectivity index (χ3v) is 5.90. The van der Waals surface area contributed by atoms with E-state index < -0.39 is 0 Å². The zero-order valence-corrected chi connectivity index (χ0v) is 17.1. The van der Waals surface area contributed by atoms with Gasteiger partial charge in [0.15, 0.2) is 5.69 Å². The lowest BCUT2D eigenvalue weighted by molar-refractivity contribution is 0.0778. The number of carbonyl (C=O) groups excluding carboxylic acids is 1. The summed E-state index contributed by atoms with van der Waals surface area (Å²) in [6, 6.07) is 13.0. The summed E-state index contributed by atoms with van der Waals surface area (Å²) in [7, 11) is 1.79. The fourth-order valence-electron chi connectivity index (χ4n) is 4.39. The van der Waals surface area contributed by atoms with E-state index in [0.717, 1.165) is 52.5 Å². The van der Waals surface area contributed by atoms with Gasteiger partial charge in [0.1, 0.15) is 11.5 Å². The second-order valence-corrected chi connectivity index (χ2v) is 8.01. The number of halogens is 1. The molecule has 5 nitrogen and oxygen atoms in total. The molecule has 5 rings (SSSR count). The van der Waals surface area contributed by atoms with Gasteiger partial charge in [0.05, 0.1) is 0 Å². The summed E-state index contributed by atoms with van der Waals surface area (Å²) < 4.78 is 16.2. The van der Waals surface area contributed by atoms with Crippen molar-refractivity contribution >= 4 is 16.8 Å². The van der Waals surface area contributed by atoms with Crippen LogP contribution in [-0.4, -0.2) is 32.6 Å². The highest BCUT2D eigenvalue weighted by Crippen LogP contribution is 2.30. The molecule has 0 radical (unpaired) electrons. The molecule has 0 atom stereocenters. The van der Waals surface area contributed by atoms with Crippen LogP contribution in [0.2, 0.25) is 0 Å². The van der Waals surface area contributed by atoms with Crippen molar-refractivity contribution in [2.24, 2.45) is 0 Å². The average molecular weight is 402 g/mol. The van der Waals surface area contributed by atoms with Crippen LogP contribution in [0.3, 0.4) is 0 Å². The Hall–Kier alpha value is -3.41. The van der Waals surface area contributed by atoms with Crippen LogP contribution in [0.4, 0.5) is 4.39 Å². The predicted octanol–water partition coefficient (Wildman–Crippen LogP) is 4.56. The van der Waals surface area contributed by atoms with Crippen molar-refractivity contribution in [3.8, 4) is 5.69 Å². The van der Waals surface area contributed by atoms with Crippen LogP contribution in [0.15, 0.2) is 48.7 Å². The number of rotatable bonds is 4. The minimum Gasteiger partial charge on any atom is -0.361 e. The first-order chi connectivity index (χ1) is 14.5. The molecule has 0 fully saturated rings. The quantitative estimate of drug-likeness (QED) is 0.544. The fourth-order valence-corrected chi connectivity index (χ4v) is 4.39. The van der Waals surface area contributed by atoms with E-state index in [2.05, 4.69) is 10.1 Å². The average Bonchev–Trinajstić information content (AvgIpc) is 3.46. The Morgan fingerprint density at radius 1 is 1.23 bits per heavy atom. The van der Waals surface area contributed by atoms with Gasteiger partial charge < -0.3 is 9.88 Å². The van der Waals surface area contributed by atoms with Gasteiger partial charge in [0.25, 0.3) is 5.91 Å². The van der Waals surface area contributed by atoms with E-state index in [-0.39, 0.29) is 11.7 Å². The first-order valence-corrected chi connectivity index (χ1v) is 10.2. The highest BCUT2D eigenvalue weighted by atomic mass is 19.1. The van der Waals surface area contributed by atoms with Crippen molar-refractivity contribution in [1.29, 1.82) is 0 Å². The smallest absolute Gasteiger partial charge is 0.274 e. The standard InChI is InChI=1S/C24H23FN4O/c1-15-9-10-19(25)22(13-15)29-21-8-4-6-18(21)23(27-29)24(30)28(2)14-16-5-3-7-20-17(16)11-12-26-20/h3,5,7,9-13,26H,4,6,8,14H2,1-2H3. The molecule has 1 N–H and O–H groups in total. The molecule has 30 heavy (non-hydrogen) atoms. The van der Waals surface area contributed by atoms with Gasteiger partial charge in [0.2, 0.25) is 0 Å². The minimum atomic E-state index is -0.329. The van der Waals surface area contributed by atoms with E-state index in [9.17, 15) is 9.18 Å². The Balaban J connectivity index is 1.50. The first-order valence-electron chi connectivity index (χ1n) is 10.2. The number of fused-ring (bicyclic) bond motifs is 2. The number of nitrogens with one attached hydrogen (secondary N) is 1. The summed E-state index contributed by atoms with van der Waals surface area (Å²) in [5, 5.41) is 5.70. The summed E-state index contributed by atoms with van der Waals surface area (Å²) in [5.41, 5.74) is 5.83. The van der Waals surface area contributed by atoms with Gasteiger partial charge in [-0.25, -0.2) is 9.07 Å². The van der Waals surface area contributed by atoms with Crippen molar-refractivity contribution in [3.05, 3.63) is 82.6 Å². The lowest BCUT2D eigenvalue weighted by Gasteiger charge is -2.17. The molecule has 152 valence electrons. The van der Waals surface area contributed by atoms with Gasteiger partial charge in [-0.15, -0.1) is 0 Å². The summed E-state index contributed by atoms with van der Waals surface area (Å²) >= 11 is 0. The highest BCUT2D eigenvalue weighted by molar-refractivity contribution is 5.94. The first kappa shape index (κ1) is 18.6. The Kier molecular flexibility index (Phi) is 4.42. The van der Waals surface area contributed by atoms with Crippen molar-refractivity contribution in [2.75, 3.05) is 7.05 Å². The number of H-pyrrole nitrogens is 1. The predicted molar refractivity (Wildman–Crippen MR) is 114 cm³/mol. The lowest BCUT2D eigenvalue weighted by Crippen LogP contribution is -2.27. The van der Waals surface area contributed by atoms with Crippen LogP contribution >= 0.6 is 0 Å². The second-order valence-electron chi connectivity index (χ2n) is 8.01. The lowest BCUT2D eigenvalue weighted by atomic mass is 10.1. The summed E-state index contributed by atoms with van der Waals surface area (Å²) in [4.78, 5) is 18.2. The molecule has 1 amide bonds. The normalized spacial score (nSPS) is 13.0. The molecule has 2 aromatic heterocycles. The number of hydrogen-bond acceptors (Lipinski definition) is 2. The monoisotopic (exact) mass is 402 g/mol. The largest absolute Gasteiger partial charge is 0.361 e. The number of aryl methyl sites for hydroxylation is 1. The van der Waals surface area contributed by atoms with Gasteiger partial charge in [-0.1, -0.05) is 18.2 Å². The van der Waals surface area contributed by atoms with E-state index >= 15 is 0 Å². The SMILES string of the molecule is Cc1ccc(F)c(-n2nc(C(=O)N(C)Cc3cccc4[nH]ccc34)c3c2CCC3)c1. The summed E-state index contributed by atoms with van der Waals surface area (Å²) in [6.45, 7) is 2.41. The van der Waals surface area contributed by atoms with Crippen molar-refractivity contribution in [1.82, 2.24) is 19.7 Å². The number of benzene rings is 2. The van der Waals surface area contributed by atoms with E-state index in [1.165, 1.54) is 6.07 Å². The van der Waals surface area contributed by atoms with Crippen molar-refractivity contribution in [2.45, 2.75) is 32.7 Å². The molecule has 4 aromatic rings. The second kappa shape index (κ2) is 7.13. The van der Waals surface area contributed by atoms with Gasteiger partial charge in [0, 0.05) is 41.9 Å². The summed E-state index contributed by atoms with van der Waals surface area (Å²) in [6.07, 6.45) is 4.45. The molecule has 0 bridgehead atoms. The molecule has 2 heterocycles. The van der Waals surface area contributed by atoms with Crippen LogP contribution in [0.5, 0.6) is 0 Å². The third-order valence-electron chi connectivity index (χ3n) is 5.90. The third kappa shape index (κ3) is 3.00. The van der Waals surface area contributed by atoms with Crippen molar-refractivity contribution in [3.63, 3.8) is 0 Å². The highest BCUT2D eigenvalue weighted by Gasteiger charge is 2.29. The van der Waals surface area contributed by atoms with Crippen LogP contribution in [-0.2, 0) is 19.4 Å². The van der Waals surface area contributed by atoms with E-state index in [0.29, 0.717) is 17.9 Å². The maximum atomic E-state index is 14.5. The van der Waals surface area contributed by atoms with E-state index in [4.69, 9.17) is 0 Å². The number of amides is 1. The van der Waals surface area contributed by atoms with Crippen LogP contribution in [0.25, 0.3) is 16.6 Å². The number of nitrogens with zero attached hydrogens (tertiary/aromatic N) is 3. The Bertz CT molecular complexity index is 1270. The summed E-state index contributed by atoms with van der Waals surface area (Å²) in [5.74, 6) is -0.461. The molecule has 0 unspecified atom stereocenters. The molecule has 0 saturated heterocycles. The number of carbonyl (C=O) groups is 1. The molecule has 6 heteroatoms. The fraction of sp³-hybridized carbons (Fsp3) is 0.250. The molecule has 2 aromatic carbocycles. The Morgan fingerprint density at radius 2 is 2.10 bits per heavy atom. The number of hydrogen-bond donors (Lipinski definition) is 1. The van der Waals surface area contributed by atoms with Crippen LogP contribution < -0.4 is 0 Å². The zero-order chi connectivity index (χ0) is 20.8. The number of aromatic amines is 1. The molecule has 1 aliphatic carbocycles. The molecule has 1 aliphatic rings. The maximum Gasteiger partial charge on any atom is 0.274 e. The molecular formula is C24H23FN4O. The molecular weight excluding hydrogens is 379 g/mol. The number of aromatic nitrogens is 3.